The van der Waals surface area contributed by atoms with Crippen molar-refractivity contribution in [3.63, 3.8) is 0 Å². The maximum Gasteiger partial charge on any atom is 0.146 e. The van der Waals surface area contributed by atoms with Gasteiger partial charge < -0.3 is 14.6 Å². The first-order chi connectivity index (χ1) is 14.2. The normalized spacial score (nSPS) is 31.4. The quantitative estimate of drug-likeness (QED) is 0.201. The van der Waals surface area contributed by atoms with Gasteiger partial charge in [-0.3, -0.25) is 0 Å². The fraction of sp³-hybridized carbons (Fsp3) is 0.600. The summed E-state index contributed by atoms with van der Waals surface area (Å²) < 4.78 is 10.5. The highest BCUT2D eigenvalue weighted by Gasteiger charge is 2.64. The molecule has 0 spiro atoms. The van der Waals surface area contributed by atoms with E-state index >= 15 is 0 Å². The number of aliphatic hydroxyl groups is 1. The Morgan fingerprint density at radius 1 is 1.21 bits per heavy atom. The summed E-state index contributed by atoms with van der Waals surface area (Å²) >= 11 is 1.86. The predicted molar refractivity (Wildman–Crippen MR) is 121 cm³/mol. The molecule has 0 radical (unpaired) electrons. The first-order valence-electron chi connectivity index (χ1n) is 10.9. The topological polar surface area (TPSA) is 38.7 Å². The van der Waals surface area contributed by atoms with Crippen molar-refractivity contribution in [2.45, 2.75) is 55.4 Å². The molecule has 0 saturated heterocycles. The van der Waals surface area contributed by atoms with Gasteiger partial charge in [0.25, 0.3) is 0 Å². The van der Waals surface area contributed by atoms with Gasteiger partial charge in [0, 0.05) is 35.7 Å². The summed E-state index contributed by atoms with van der Waals surface area (Å²) in [7, 11) is 1.64. The molecule has 1 aromatic rings. The van der Waals surface area contributed by atoms with Crippen LogP contribution in [0.5, 0.6) is 0 Å². The molecule has 1 N–H and O–H groups in total. The molecule has 2 fully saturated rings. The Kier molecular flexibility index (Phi) is 8.43. The van der Waals surface area contributed by atoms with Crippen molar-refractivity contribution in [3.05, 3.63) is 55.1 Å². The van der Waals surface area contributed by atoms with Gasteiger partial charge in [0.05, 0.1) is 5.60 Å². The molecule has 2 aliphatic rings. The zero-order chi connectivity index (χ0) is 20.6. The number of methoxy groups -OCH3 is 1. The molecule has 2 aliphatic carbocycles. The number of benzene rings is 1. The summed E-state index contributed by atoms with van der Waals surface area (Å²) in [5, 5.41) is 11.9. The van der Waals surface area contributed by atoms with E-state index in [0.717, 1.165) is 50.7 Å². The summed E-state index contributed by atoms with van der Waals surface area (Å²) in [5.74, 6) is 1.49. The molecule has 0 bridgehead atoms. The molecule has 0 amide bonds. The second kappa shape index (κ2) is 10.8. The number of fused-ring (bicyclic) bond motifs is 1. The molecule has 2 saturated carbocycles. The van der Waals surface area contributed by atoms with E-state index in [4.69, 9.17) is 9.47 Å². The molecule has 0 heterocycles. The standard InChI is InChI=1S/C25H36O3S/c1-3-21-12-16-24(15-8-5-9-19-29-23-10-6-4-7-11-23)17-13-22(25(21,24)26)14-18-28-20-27-2/h3-7,9-11,21-22,26H,1,8,12-20H2,2H3/b9-5+/t21?,22?,24-,25-/m1/s1. The Balaban J connectivity index is 1.54. The summed E-state index contributed by atoms with van der Waals surface area (Å²) in [4.78, 5) is 1.31. The Hall–Kier alpha value is -1.07. The van der Waals surface area contributed by atoms with Crippen LogP contribution in [0.25, 0.3) is 0 Å². The van der Waals surface area contributed by atoms with Crippen molar-refractivity contribution in [2.75, 3.05) is 26.3 Å². The maximum atomic E-state index is 11.9. The van der Waals surface area contributed by atoms with Crippen molar-refractivity contribution in [1.29, 1.82) is 0 Å². The number of thioether (sulfide) groups is 1. The molecule has 3 rings (SSSR count). The van der Waals surface area contributed by atoms with Gasteiger partial charge in [0.2, 0.25) is 0 Å². The Labute approximate surface area is 180 Å². The van der Waals surface area contributed by atoms with Gasteiger partial charge in [-0.2, -0.15) is 0 Å². The Bertz CT molecular complexity index is 661. The highest BCUT2D eigenvalue weighted by Crippen LogP contribution is 2.65. The SMILES string of the molecule is C=CC1CC[C@]2(CC/C=C/CSc3ccccc3)CCC(CCOCOC)[C@]12O. The van der Waals surface area contributed by atoms with Crippen molar-refractivity contribution in [1.82, 2.24) is 0 Å². The highest BCUT2D eigenvalue weighted by molar-refractivity contribution is 7.99. The number of ether oxygens (including phenoxy) is 2. The van der Waals surface area contributed by atoms with Crippen LogP contribution < -0.4 is 0 Å². The minimum absolute atomic E-state index is 0.0364. The molecule has 0 aromatic heterocycles. The summed E-state index contributed by atoms with van der Waals surface area (Å²) in [6.07, 6.45) is 14.0. The van der Waals surface area contributed by atoms with Gasteiger partial charge in [-0.1, -0.05) is 36.4 Å². The van der Waals surface area contributed by atoms with Crippen molar-refractivity contribution >= 4 is 11.8 Å². The highest BCUT2D eigenvalue weighted by atomic mass is 32.2. The van der Waals surface area contributed by atoms with Gasteiger partial charge in [0.1, 0.15) is 6.79 Å². The van der Waals surface area contributed by atoms with E-state index in [9.17, 15) is 5.11 Å². The van der Waals surface area contributed by atoms with Crippen LogP contribution in [-0.4, -0.2) is 37.0 Å². The van der Waals surface area contributed by atoms with E-state index in [0.29, 0.717) is 19.3 Å². The maximum absolute atomic E-state index is 11.9. The van der Waals surface area contributed by atoms with E-state index in [1.807, 2.05) is 17.8 Å². The lowest BCUT2D eigenvalue weighted by Crippen LogP contribution is -2.48. The van der Waals surface area contributed by atoms with E-state index in [1.54, 1.807) is 7.11 Å². The van der Waals surface area contributed by atoms with Crippen molar-refractivity contribution < 1.29 is 14.6 Å². The van der Waals surface area contributed by atoms with Crippen LogP contribution in [-0.2, 0) is 9.47 Å². The molecule has 0 aliphatic heterocycles. The van der Waals surface area contributed by atoms with E-state index in [2.05, 4.69) is 49.1 Å². The third kappa shape index (κ3) is 4.99. The van der Waals surface area contributed by atoms with E-state index in [1.165, 1.54) is 4.90 Å². The minimum Gasteiger partial charge on any atom is -0.388 e. The third-order valence-corrected chi connectivity index (χ3v) is 8.05. The molecule has 160 valence electrons. The zero-order valence-electron chi connectivity index (χ0n) is 17.7. The fourth-order valence-corrected chi connectivity index (χ4v) is 6.44. The van der Waals surface area contributed by atoms with E-state index < -0.39 is 5.60 Å². The van der Waals surface area contributed by atoms with Crippen LogP contribution in [0.2, 0.25) is 0 Å². The van der Waals surface area contributed by atoms with Gasteiger partial charge in [0.15, 0.2) is 0 Å². The number of hydrogen-bond acceptors (Lipinski definition) is 4. The second-order valence-electron chi connectivity index (χ2n) is 8.46. The summed E-state index contributed by atoms with van der Waals surface area (Å²) in [6.45, 7) is 5.02. The minimum atomic E-state index is -0.627. The largest absolute Gasteiger partial charge is 0.388 e. The number of rotatable bonds is 12. The second-order valence-corrected chi connectivity index (χ2v) is 9.55. The monoisotopic (exact) mass is 416 g/mol. The summed E-state index contributed by atoms with van der Waals surface area (Å²) in [6, 6.07) is 10.5. The molecular formula is C25H36O3S. The average Bonchev–Trinajstić information content (AvgIpc) is 3.18. The van der Waals surface area contributed by atoms with Crippen LogP contribution >= 0.6 is 11.8 Å². The van der Waals surface area contributed by atoms with Crippen LogP contribution in [0, 0.1) is 17.3 Å². The van der Waals surface area contributed by atoms with Crippen molar-refractivity contribution in [3.8, 4) is 0 Å². The molecular weight excluding hydrogens is 380 g/mol. The average molecular weight is 417 g/mol. The van der Waals surface area contributed by atoms with Crippen LogP contribution in [0.3, 0.4) is 0 Å². The first-order valence-corrected chi connectivity index (χ1v) is 11.9. The molecule has 29 heavy (non-hydrogen) atoms. The lowest BCUT2D eigenvalue weighted by molar-refractivity contribution is -0.104. The fourth-order valence-electron chi connectivity index (χ4n) is 5.66. The number of hydrogen-bond donors (Lipinski definition) is 1. The van der Waals surface area contributed by atoms with Gasteiger partial charge in [-0.15, -0.1) is 18.3 Å². The zero-order valence-corrected chi connectivity index (χ0v) is 18.5. The lowest BCUT2D eigenvalue weighted by Gasteiger charge is -2.43. The third-order valence-electron chi connectivity index (χ3n) is 7.08. The molecule has 3 nitrogen and oxygen atoms in total. The van der Waals surface area contributed by atoms with Gasteiger partial charge in [-0.05, 0) is 63.0 Å². The Morgan fingerprint density at radius 3 is 2.76 bits per heavy atom. The van der Waals surface area contributed by atoms with Gasteiger partial charge >= 0.3 is 0 Å². The van der Waals surface area contributed by atoms with Crippen molar-refractivity contribution in [2.24, 2.45) is 17.3 Å². The molecule has 2 unspecified atom stereocenters. The Morgan fingerprint density at radius 2 is 2.00 bits per heavy atom. The first kappa shape index (κ1) is 22.6. The molecule has 4 heteroatoms. The lowest BCUT2D eigenvalue weighted by atomic mass is 9.67. The van der Waals surface area contributed by atoms with Gasteiger partial charge in [-0.25, -0.2) is 0 Å². The number of allylic oxidation sites excluding steroid dienone is 1. The summed E-state index contributed by atoms with van der Waals surface area (Å²) in [5.41, 5.74) is -0.591. The predicted octanol–water partition coefficient (Wildman–Crippen LogP) is 5.85. The van der Waals surface area contributed by atoms with E-state index in [-0.39, 0.29) is 11.3 Å². The molecule has 4 atom stereocenters. The van der Waals surface area contributed by atoms with Crippen LogP contribution in [0.4, 0.5) is 0 Å². The smallest absolute Gasteiger partial charge is 0.146 e. The van der Waals surface area contributed by atoms with Crippen LogP contribution in [0.1, 0.15) is 44.9 Å². The molecule has 1 aromatic carbocycles. The van der Waals surface area contributed by atoms with Crippen LogP contribution in [0.15, 0.2) is 60.0 Å².